The van der Waals surface area contributed by atoms with Crippen LogP contribution in [0.15, 0.2) is 46.3 Å². The fourth-order valence-electron chi connectivity index (χ4n) is 2.02. The van der Waals surface area contributed by atoms with Crippen LogP contribution in [0.5, 0.6) is 0 Å². The summed E-state index contributed by atoms with van der Waals surface area (Å²) in [5.74, 6) is -1.01. The van der Waals surface area contributed by atoms with Crippen LogP contribution >= 0.6 is 0 Å². The molecule has 0 amide bonds. The minimum absolute atomic E-state index is 0.0693. The molecule has 30 heavy (non-hydrogen) atoms. The summed E-state index contributed by atoms with van der Waals surface area (Å²) in [7, 11) is -6.79. The van der Waals surface area contributed by atoms with Gasteiger partial charge in [-0.15, -0.1) is 0 Å². The summed E-state index contributed by atoms with van der Waals surface area (Å²) >= 11 is 0. The second-order valence-electron chi connectivity index (χ2n) is 7.43. The van der Waals surface area contributed by atoms with E-state index in [2.05, 4.69) is 11.3 Å². The van der Waals surface area contributed by atoms with E-state index in [1.165, 1.54) is 13.8 Å². The smallest absolute Gasteiger partial charge is 0.302 e. The molecule has 1 aliphatic carbocycles. The molecule has 10 heteroatoms. The molecule has 0 unspecified atom stereocenters. The normalized spacial score (nSPS) is 15.5. The number of hydrogen-bond donors (Lipinski definition) is 0. The predicted molar refractivity (Wildman–Crippen MR) is 116 cm³/mol. The van der Waals surface area contributed by atoms with Crippen LogP contribution in [0.3, 0.4) is 0 Å². The van der Waals surface area contributed by atoms with Crippen LogP contribution < -0.4 is 0 Å². The Labute approximate surface area is 179 Å². The molecule has 0 aromatic rings. The number of allylic oxidation sites excluding steroid dienone is 5. The van der Waals surface area contributed by atoms with Crippen molar-refractivity contribution < 1.29 is 35.9 Å². The molecule has 0 aliphatic heterocycles. The van der Waals surface area contributed by atoms with Gasteiger partial charge in [-0.05, 0) is 32.8 Å². The van der Waals surface area contributed by atoms with Gasteiger partial charge in [0.1, 0.15) is 13.2 Å². The Balaban J connectivity index is 0.000000567. The lowest BCUT2D eigenvalue weighted by molar-refractivity contribution is -0.140. The third-order valence-electron chi connectivity index (χ3n) is 3.72. The van der Waals surface area contributed by atoms with Crippen molar-refractivity contribution in [3.8, 4) is 0 Å². The van der Waals surface area contributed by atoms with Crippen molar-refractivity contribution in [1.29, 1.82) is 0 Å². The minimum atomic E-state index is -3.44. The molecule has 0 aromatic heterocycles. The largest absolute Gasteiger partial charge is 0.460 e. The molecular weight excluding hydrogens is 432 g/mol. The molecule has 0 radical (unpaired) electrons. The van der Waals surface area contributed by atoms with Crippen LogP contribution in [-0.2, 0) is 38.7 Å². The molecule has 8 nitrogen and oxygen atoms in total. The molecule has 0 bridgehead atoms. The number of rotatable bonds is 6. The zero-order valence-electron chi connectivity index (χ0n) is 18.2. The quantitative estimate of drug-likeness (QED) is 0.552. The molecule has 0 N–H and O–H groups in total. The van der Waals surface area contributed by atoms with Crippen LogP contribution in [0.4, 0.5) is 0 Å². The minimum Gasteiger partial charge on any atom is -0.460 e. The molecule has 0 heterocycles. The Morgan fingerprint density at radius 1 is 1.00 bits per heavy atom. The zero-order valence-corrected chi connectivity index (χ0v) is 19.9. The van der Waals surface area contributed by atoms with Crippen LogP contribution in [0.2, 0.25) is 0 Å². The highest BCUT2D eigenvalue weighted by molar-refractivity contribution is 7.96. The third-order valence-corrected chi connectivity index (χ3v) is 7.48. The van der Waals surface area contributed by atoms with Gasteiger partial charge in [-0.3, -0.25) is 9.59 Å². The van der Waals surface area contributed by atoms with E-state index in [-0.39, 0.29) is 23.0 Å². The Morgan fingerprint density at radius 2 is 1.50 bits per heavy atom. The molecule has 0 aromatic carbocycles. The van der Waals surface area contributed by atoms with Crippen molar-refractivity contribution in [2.75, 3.05) is 19.5 Å². The fraction of sp³-hybridized carbons (Fsp3) is 0.500. The van der Waals surface area contributed by atoms with Gasteiger partial charge in [0.15, 0.2) is 19.7 Å². The second-order valence-corrected chi connectivity index (χ2v) is 12.3. The zero-order chi connectivity index (χ0) is 23.8. The average molecular weight is 463 g/mol. The molecule has 1 rings (SSSR count). The lowest BCUT2D eigenvalue weighted by Gasteiger charge is -2.20. The standard InChI is InChI=1S/C11H14O4S.C9H16O4S/c1-9(12)15-8-11(16(2,13)14)10-6-4-3-5-7-10;1-7(6-13-8(2)10)14(11,12)9(3,4)5/h3-6H,7-8H2,1-2H3;1,6H2,2-5H3. The van der Waals surface area contributed by atoms with E-state index < -0.39 is 36.4 Å². The van der Waals surface area contributed by atoms with E-state index in [0.29, 0.717) is 12.0 Å². The van der Waals surface area contributed by atoms with Gasteiger partial charge in [0, 0.05) is 20.1 Å². The van der Waals surface area contributed by atoms with Gasteiger partial charge in [0.2, 0.25) is 0 Å². The highest BCUT2D eigenvalue weighted by Gasteiger charge is 2.32. The van der Waals surface area contributed by atoms with E-state index in [9.17, 15) is 26.4 Å². The summed E-state index contributed by atoms with van der Waals surface area (Å²) in [6, 6.07) is 0. The van der Waals surface area contributed by atoms with Gasteiger partial charge in [-0.25, -0.2) is 16.8 Å². The fourth-order valence-corrected chi connectivity index (χ4v) is 4.00. The monoisotopic (exact) mass is 462 g/mol. The summed E-state index contributed by atoms with van der Waals surface area (Å²) in [5, 5.41) is 0. The van der Waals surface area contributed by atoms with Crippen molar-refractivity contribution >= 4 is 31.6 Å². The number of carbonyl (C=O) groups excluding carboxylic acids is 2. The molecule has 0 spiro atoms. The van der Waals surface area contributed by atoms with E-state index in [4.69, 9.17) is 4.74 Å². The highest BCUT2D eigenvalue weighted by atomic mass is 32.2. The SMILES string of the molecule is C=C(COC(C)=O)S(=O)(=O)C(C)(C)C.CC(=O)OCC(=C1C=CC=CC1)S(C)(=O)=O. The van der Waals surface area contributed by atoms with Gasteiger partial charge >= 0.3 is 11.9 Å². The van der Waals surface area contributed by atoms with E-state index in [1.807, 2.05) is 12.2 Å². The van der Waals surface area contributed by atoms with Gasteiger partial charge in [0.05, 0.1) is 14.6 Å². The first-order chi connectivity index (χ1) is 13.5. The van der Waals surface area contributed by atoms with E-state index in [1.54, 1.807) is 32.9 Å². The Morgan fingerprint density at radius 3 is 1.87 bits per heavy atom. The van der Waals surface area contributed by atoms with Gasteiger partial charge in [-0.2, -0.15) is 0 Å². The summed E-state index contributed by atoms with van der Waals surface area (Å²) in [5.41, 5.74) is 0.672. The van der Waals surface area contributed by atoms with Crippen LogP contribution in [0.25, 0.3) is 0 Å². The number of sulfone groups is 2. The summed E-state index contributed by atoms with van der Waals surface area (Å²) in [6.07, 6.45) is 8.84. The molecule has 1 aliphatic rings. The first-order valence-corrected chi connectivity index (χ1v) is 12.3. The molecule has 0 saturated carbocycles. The highest BCUT2D eigenvalue weighted by Crippen LogP contribution is 2.22. The van der Waals surface area contributed by atoms with Crippen molar-refractivity contribution in [1.82, 2.24) is 0 Å². The average Bonchev–Trinajstić information content (AvgIpc) is 2.58. The van der Waals surface area contributed by atoms with Gasteiger partial charge in [-0.1, -0.05) is 30.9 Å². The number of esters is 2. The van der Waals surface area contributed by atoms with Gasteiger partial charge < -0.3 is 9.47 Å². The maximum absolute atomic E-state index is 11.7. The van der Waals surface area contributed by atoms with Crippen LogP contribution in [0.1, 0.15) is 41.0 Å². The summed E-state index contributed by atoms with van der Waals surface area (Å²) in [4.78, 5) is 21.3. The van der Waals surface area contributed by atoms with Crippen LogP contribution in [0, 0.1) is 0 Å². The second kappa shape index (κ2) is 11.3. The topological polar surface area (TPSA) is 121 Å². The van der Waals surface area contributed by atoms with Crippen molar-refractivity contribution in [2.24, 2.45) is 0 Å². The predicted octanol–water partition coefficient (Wildman–Crippen LogP) is 2.64. The van der Waals surface area contributed by atoms with Crippen LogP contribution in [-0.4, -0.2) is 53.0 Å². The third kappa shape index (κ3) is 9.53. The van der Waals surface area contributed by atoms with Crippen molar-refractivity contribution in [2.45, 2.75) is 45.8 Å². The molecule has 0 fully saturated rings. The first kappa shape index (κ1) is 27.8. The molecular formula is C20H30O8S2. The summed E-state index contributed by atoms with van der Waals surface area (Å²) < 4.78 is 54.8. The molecule has 0 saturated heterocycles. The Bertz CT molecular complexity index is 957. The van der Waals surface area contributed by atoms with Gasteiger partial charge in [0.25, 0.3) is 0 Å². The lowest BCUT2D eigenvalue weighted by atomic mass is 10.1. The van der Waals surface area contributed by atoms with E-state index in [0.717, 1.165) is 6.26 Å². The lowest BCUT2D eigenvalue weighted by Crippen LogP contribution is -2.30. The molecule has 0 atom stereocenters. The Kier molecular flexibility index (Phi) is 10.4. The van der Waals surface area contributed by atoms with Crippen molar-refractivity contribution in [3.05, 3.63) is 46.3 Å². The number of ether oxygens (including phenoxy) is 2. The molecule has 170 valence electrons. The van der Waals surface area contributed by atoms with E-state index >= 15 is 0 Å². The summed E-state index contributed by atoms with van der Waals surface area (Å²) in [6.45, 7) is 10.1. The maximum atomic E-state index is 11.7. The maximum Gasteiger partial charge on any atom is 0.302 e. The first-order valence-electron chi connectivity index (χ1n) is 8.94. The number of hydrogen-bond acceptors (Lipinski definition) is 8. The van der Waals surface area contributed by atoms with Crippen molar-refractivity contribution in [3.63, 3.8) is 0 Å². The number of carbonyl (C=O) groups is 2. The Hall–Kier alpha value is -2.20.